The lowest BCUT2D eigenvalue weighted by Crippen LogP contribution is -2.08. The van der Waals surface area contributed by atoms with E-state index >= 15 is 0 Å². The maximum Gasteiger partial charge on any atom is 0.345 e. The average Bonchev–Trinajstić information content (AvgIpc) is 2.76. The Morgan fingerprint density at radius 2 is 2.06 bits per heavy atom. The van der Waals surface area contributed by atoms with Crippen molar-refractivity contribution in [3.8, 4) is 10.4 Å². The molecule has 3 rings (SSSR count). The van der Waals surface area contributed by atoms with E-state index in [2.05, 4.69) is 24.3 Å². The van der Waals surface area contributed by atoms with Crippen LogP contribution < -0.4 is 0 Å². The number of carboxylic acid groups (broad SMARTS) is 1. The Morgan fingerprint density at radius 1 is 1.22 bits per heavy atom. The second-order valence-electron chi connectivity index (χ2n) is 4.72. The molecule has 1 heterocycles. The van der Waals surface area contributed by atoms with Gasteiger partial charge in [-0.1, -0.05) is 30.7 Å². The Kier molecular flexibility index (Phi) is 2.92. The van der Waals surface area contributed by atoms with Gasteiger partial charge >= 0.3 is 5.97 Å². The predicted octanol–water partition coefficient (Wildman–Crippen LogP) is 4.38. The Hall–Kier alpha value is -1.61. The van der Waals surface area contributed by atoms with Gasteiger partial charge in [0.05, 0.1) is 0 Å². The second kappa shape index (κ2) is 4.58. The van der Waals surface area contributed by atoms with Crippen molar-refractivity contribution in [2.75, 3.05) is 0 Å². The number of hydrogen-bond acceptors (Lipinski definition) is 2. The third-order valence-corrected chi connectivity index (χ3v) is 4.69. The first kappa shape index (κ1) is 11.5. The minimum Gasteiger partial charge on any atom is -0.477 e. The van der Waals surface area contributed by atoms with E-state index in [0.717, 1.165) is 10.4 Å². The van der Waals surface area contributed by atoms with Crippen molar-refractivity contribution < 1.29 is 9.90 Å². The zero-order chi connectivity index (χ0) is 12.5. The lowest BCUT2D eigenvalue weighted by atomic mass is 9.79. The van der Waals surface area contributed by atoms with Crippen LogP contribution >= 0.6 is 11.3 Å². The van der Waals surface area contributed by atoms with Crippen molar-refractivity contribution >= 4 is 17.3 Å². The molecule has 1 saturated carbocycles. The molecule has 1 N–H and O–H groups in total. The van der Waals surface area contributed by atoms with E-state index in [-0.39, 0.29) is 0 Å². The van der Waals surface area contributed by atoms with Gasteiger partial charge < -0.3 is 5.11 Å². The van der Waals surface area contributed by atoms with Gasteiger partial charge in [0.25, 0.3) is 0 Å². The van der Waals surface area contributed by atoms with Gasteiger partial charge in [0.1, 0.15) is 4.88 Å². The fourth-order valence-corrected chi connectivity index (χ4v) is 3.14. The summed E-state index contributed by atoms with van der Waals surface area (Å²) in [5.74, 6) is -0.134. The fraction of sp³-hybridized carbons (Fsp3) is 0.267. The molecule has 0 amide bonds. The zero-order valence-corrected chi connectivity index (χ0v) is 10.7. The van der Waals surface area contributed by atoms with Crippen LogP contribution in [0.1, 0.15) is 40.4 Å². The van der Waals surface area contributed by atoms with Crippen LogP contribution in [0.2, 0.25) is 0 Å². The number of hydrogen-bond donors (Lipinski definition) is 1. The standard InChI is InChI=1S/C15H14O2S/c16-15(17)14-8-7-13(18-14)12-6-2-5-11(9-12)10-3-1-4-10/h2,5-10H,1,3-4H2,(H,16,17). The normalized spacial score (nSPS) is 15.3. The van der Waals surface area contributed by atoms with Crippen molar-refractivity contribution in [3.05, 3.63) is 46.8 Å². The molecule has 1 aliphatic rings. The number of thiophene rings is 1. The number of carboxylic acids is 1. The highest BCUT2D eigenvalue weighted by Gasteiger charge is 2.19. The molecule has 92 valence electrons. The van der Waals surface area contributed by atoms with Crippen molar-refractivity contribution in [2.24, 2.45) is 0 Å². The van der Waals surface area contributed by atoms with Crippen LogP contribution in [0.5, 0.6) is 0 Å². The largest absolute Gasteiger partial charge is 0.477 e. The maximum absolute atomic E-state index is 10.9. The molecule has 1 aliphatic carbocycles. The van der Waals surface area contributed by atoms with Crippen molar-refractivity contribution in [3.63, 3.8) is 0 Å². The molecule has 3 heteroatoms. The summed E-state index contributed by atoms with van der Waals surface area (Å²) in [7, 11) is 0. The molecular formula is C15H14O2S. The molecule has 0 bridgehead atoms. The molecule has 2 aromatic rings. The number of benzene rings is 1. The molecule has 18 heavy (non-hydrogen) atoms. The van der Waals surface area contributed by atoms with Crippen LogP contribution in [0.3, 0.4) is 0 Å². The van der Waals surface area contributed by atoms with Crippen molar-refractivity contribution in [2.45, 2.75) is 25.2 Å². The lowest BCUT2D eigenvalue weighted by molar-refractivity contribution is 0.0702. The first-order chi connectivity index (χ1) is 8.74. The summed E-state index contributed by atoms with van der Waals surface area (Å²) in [6, 6.07) is 12.1. The fourth-order valence-electron chi connectivity index (χ4n) is 2.30. The van der Waals surface area contributed by atoms with Gasteiger partial charge in [0.15, 0.2) is 0 Å². The maximum atomic E-state index is 10.9. The van der Waals surface area contributed by atoms with Crippen LogP contribution in [0, 0.1) is 0 Å². The first-order valence-corrected chi connectivity index (χ1v) is 6.99. The average molecular weight is 258 g/mol. The highest BCUT2D eigenvalue weighted by atomic mass is 32.1. The molecule has 0 spiro atoms. The quantitative estimate of drug-likeness (QED) is 0.887. The summed E-state index contributed by atoms with van der Waals surface area (Å²) in [5.41, 5.74) is 2.53. The molecule has 0 radical (unpaired) electrons. The summed E-state index contributed by atoms with van der Waals surface area (Å²) in [6.45, 7) is 0. The molecule has 1 aromatic carbocycles. The predicted molar refractivity (Wildman–Crippen MR) is 73.3 cm³/mol. The van der Waals surface area contributed by atoms with Gasteiger partial charge in [-0.25, -0.2) is 4.79 Å². The van der Waals surface area contributed by atoms with Gasteiger partial charge in [-0.15, -0.1) is 11.3 Å². The SMILES string of the molecule is O=C(O)c1ccc(-c2cccc(C3CCC3)c2)s1. The first-order valence-electron chi connectivity index (χ1n) is 6.17. The Labute approximate surface area is 110 Å². The van der Waals surface area contributed by atoms with Gasteiger partial charge in [-0.05, 0) is 42.0 Å². The molecule has 1 aromatic heterocycles. The van der Waals surface area contributed by atoms with E-state index in [1.165, 1.54) is 36.2 Å². The summed E-state index contributed by atoms with van der Waals surface area (Å²) >= 11 is 1.34. The molecule has 0 unspecified atom stereocenters. The summed E-state index contributed by atoms with van der Waals surface area (Å²) in [5, 5.41) is 8.95. The molecule has 2 nitrogen and oxygen atoms in total. The number of aromatic carboxylic acids is 1. The van der Waals surface area contributed by atoms with Gasteiger partial charge in [-0.3, -0.25) is 0 Å². The smallest absolute Gasteiger partial charge is 0.345 e. The van der Waals surface area contributed by atoms with Gasteiger partial charge in [0, 0.05) is 4.88 Å². The van der Waals surface area contributed by atoms with E-state index < -0.39 is 5.97 Å². The number of rotatable bonds is 3. The molecular weight excluding hydrogens is 244 g/mol. The topological polar surface area (TPSA) is 37.3 Å². The van der Waals surface area contributed by atoms with Crippen LogP contribution in [0.4, 0.5) is 0 Å². The Bertz CT molecular complexity index is 582. The zero-order valence-electron chi connectivity index (χ0n) is 9.93. The van der Waals surface area contributed by atoms with Gasteiger partial charge in [0.2, 0.25) is 0 Å². The van der Waals surface area contributed by atoms with Crippen LogP contribution in [0.25, 0.3) is 10.4 Å². The van der Waals surface area contributed by atoms with E-state index in [0.29, 0.717) is 10.8 Å². The molecule has 1 fully saturated rings. The van der Waals surface area contributed by atoms with Crippen LogP contribution in [-0.2, 0) is 0 Å². The third-order valence-electron chi connectivity index (χ3n) is 3.56. The minimum absolute atomic E-state index is 0.402. The van der Waals surface area contributed by atoms with E-state index in [4.69, 9.17) is 5.11 Å². The highest BCUT2D eigenvalue weighted by molar-refractivity contribution is 7.17. The highest BCUT2D eigenvalue weighted by Crippen LogP contribution is 2.38. The van der Waals surface area contributed by atoms with Crippen LogP contribution in [-0.4, -0.2) is 11.1 Å². The second-order valence-corrected chi connectivity index (χ2v) is 5.81. The summed E-state index contributed by atoms with van der Waals surface area (Å²) in [4.78, 5) is 12.3. The molecule has 0 saturated heterocycles. The van der Waals surface area contributed by atoms with Crippen molar-refractivity contribution in [1.82, 2.24) is 0 Å². The Balaban J connectivity index is 1.92. The van der Waals surface area contributed by atoms with Gasteiger partial charge in [-0.2, -0.15) is 0 Å². The van der Waals surface area contributed by atoms with E-state index in [9.17, 15) is 4.79 Å². The monoisotopic (exact) mass is 258 g/mol. The Morgan fingerprint density at radius 3 is 2.67 bits per heavy atom. The molecule has 0 aliphatic heterocycles. The van der Waals surface area contributed by atoms with Crippen LogP contribution in [0.15, 0.2) is 36.4 Å². The number of carbonyl (C=O) groups is 1. The molecule has 0 atom stereocenters. The van der Waals surface area contributed by atoms with Crippen molar-refractivity contribution in [1.29, 1.82) is 0 Å². The lowest BCUT2D eigenvalue weighted by Gasteiger charge is -2.26. The van der Waals surface area contributed by atoms with E-state index in [1.54, 1.807) is 6.07 Å². The minimum atomic E-state index is -0.846. The van der Waals surface area contributed by atoms with E-state index in [1.807, 2.05) is 6.07 Å². The third kappa shape index (κ3) is 2.06. The summed E-state index contributed by atoms with van der Waals surface area (Å²) in [6.07, 6.45) is 3.90. The summed E-state index contributed by atoms with van der Waals surface area (Å²) < 4.78 is 0.